The fraction of sp³-hybridized carbons (Fsp3) is 0.357. The van der Waals surface area contributed by atoms with Crippen molar-refractivity contribution in [3.63, 3.8) is 0 Å². The van der Waals surface area contributed by atoms with E-state index < -0.39 is 5.91 Å². The highest BCUT2D eigenvalue weighted by molar-refractivity contribution is 5.96. The van der Waals surface area contributed by atoms with Gasteiger partial charge < -0.3 is 5.73 Å². The van der Waals surface area contributed by atoms with Gasteiger partial charge in [-0.2, -0.15) is 15.4 Å². The van der Waals surface area contributed by atoms with Crippen molar-refractivity contribution < 1.29 is 4.79 Å². The molecule has 3 N–H and O–H groups in total. The van der Waals surface area contributed by atoms with Gasteiger partial charge in [-0.15, -0.1) is 0 Å². The Bertz CT molecular complexity index is 545. The number of benzene rings is 1. The van der Waals surface area contributed by atoms with Crippen LogP contribution in [0, 0.1) is 0 Å². The predicted octanol–water partition coefficient (Wildman–Crippen LogP) is 2.30. The molecular weight excluding hydrogens is 240 g/mol. The lowest BCUT2D eigenvalue weighted by Crippen LogP contribution is -2.12. The molecule has 0 spiro atoms. The van der Waals surface area contributed by atoms with Gasteiger partial charge in [0, 0.05) is 5.56 Å². The summed E-state index contributed by atoms with van der Waals surface area (Å²) in [5, 5.41) is 10.2. The van der Waals surface area contributed by atoms with Crippen molar-refractivity contribution in [1.82, 2.24) is 15.4 Å². The number of hydrogen-bond donors (Lipinski definition) is 2. The quantitative estimate of drug-likeness (QED) is 0.780. The SMILES string of the molecule is CCCCCc1ccc(-c2n[nH]nc2C(N)=O)cc1. The Labute approximate surface area is 112 Å². The summed E-state index contributed by atoms with van der Waals surface area (Å²) < 4.78 is 0. The zero-order valence-corrected chi connectivity index (χ0v) is 11.0. The normalized spacial score (nSPS) is 10.6. The van der Waals surface area contributed by atoms with Gasteiger partial charge in [0.15, 0.2) is 5.69 Å². The maximum atomic E-state index is 11.2. The third-order valence-corrected chi connectivity index (χ3v) is 3.08. The highest BCUT2D eigenvalue weighted by atomic mass is 16.1. The highest BCUT2D eigenvalue weighted by Gasteiger charge is 2.14. The molecule has 0 saturated heterocycles. The van der Waals surface area contributed by atoms with Crippen LogP contribution in [0.4, 0.5) is 0 Å². The summed E-state index contributed by atoms with van der Waals surface area (Å²) in [5.74, 6) is -0.573. The van der Waals surface area contributed by atoms with E-state index in [4.69, 9.17) is 5.73 Å². The maximum Gasteiger partial charge on any atom is 0.271 e. The second-order valence-electron chi connectivity index (χ2n) is 4.54. The van der Waals surface area contributed by atoms with Crippen molar-refractivity contribution in [2.24, 2.45) is 5.73 Å². The number of carbonyl (C=O) groups excluding carboxylic acids is 1. The monoisotopic (exact) mass is 258 g/mol. The zero-order chi connectivity index (χ0) is 13.7. The van der Waals surface area contributed by atoms with E-state index >= 15 is 0 Å². The predicted molar refractivity (Wildman–Crippen MR) is 73.6 cm³/mol. The molecule has 0 atom stereocenters. The fourth-order valence-corrected chi connectivity index (χ4v) is 2.01. The van der Waals surface area contributed by atoms with Crippen LogP contribution in [0.3, 0.4) is 0 Å². The van der Waals surface area contributed by atoms with Gasteiger partial charge in [0.05, 0.1) is 0 Å². The number of rotatable bonds is 6. The number of hydrogen-bond acceptors (Lipinski definition) is 3. The van der Waals surface area contributed by atoms with Gasteiger partial charge in [0.25, 0.3) is 5.91 Å². The maximum absolute atomic E-state index is 11.2. The molecule has 1 heterocycles. The van der Waals surface area contributed by atoms with Crippen molar-refractivity contribution in [1.29, 1.82) is 0 Å². The van der Waals surface area contributed by atoms with E-state index in [2.05, 4.69) is 34.5 Å². The minimum atomic E-state index is -0.573. The Morgan fingerprint density at radius 1 is 1.21 bits per heavy atom. The third kappa shape index (κ3) is 3.19. The topological polar surface area (TPSA) is 84.7 Å². The summed E-state index contributed by atoms with van der Waals surface area (Å²) in [7, 11) is 0. The van der Waals surface area contributed by atoms with Crippen molar-refractivity contribution in [3.05, 3.63) is 35.5 Å². The molecule has 0 saturated carbocycles. The third-order valence-electron chi connectivity index (χ3n) is 3.08. The average Bonchev–Trinajstić information content (AvgIpc) is 2.89. The Morgan fingerprint density at radius 2 is 1.95 bits per heavy atom. The molecule has 0 radical (unpaired) electrons. The summed E-state index contributed by atoms with van der Waals surface area (Å²) in [5.41, 5.74) is 8.07. The van der Waals surface area contributed by atoms with Gasteiger partial charge in [-0.25, -0.2) is 0 Å². The number of primary amides is 1. The standard InChI is InChI=1S/C14H18N4O/c1-2-3-4-5-10-6-8-11(9-7-10)12-13(14(15)19)17-18-16-12/h6-9H,2-5H2,1H3,(H2,15,19)(H,16,17,18). The Hall–Kier alpha value is -2.17. The van der Waals surface area contributed by atoms with Gasteiger partial charge in [0.2, 0.25) is 0 Å². The molecular formula is C14H18N4O. The molecule has 1 aromatic heterocycles. The molecule has 19 heavy (non-hydrogen) atoms. The lowest BCUT2D eigenvalue weighted by atomic mass is 10.0. The van der Waals surface area contributed by atoms with Crippen molar-refractivity contribution in [2.45, 2.75) is 32.6 Å². The van der Waals surface area contributed by atoms with Crippen LogP contribution in [0.25, 0.3) is 11.3 Å². The first-order valence-electron chi connectivity index (χ1n) is 6.52. The molecule has 5 nitrogen and oxygen atoms in total. The van der Waals surface area contributed by atoms with Crippen LogP contribution in [0.5, 0.6) is 0 Å². The Balaban J connectivity index is 2.13. The van der Waals surface area contributed by atoms with Gasteiger partial charge in [-0.05, 0) is 18.4 Å². The van der Waals surface area contributed by atoms with Gasteiger partial charge in [-0.3, -0.25) is 4.79 Å². The molecule has 0 fully saturated rings. The second-order valence-corrected chi connectivity index (χ2v) is 4.54. The van der Waals surface area contributed by atoms with Gasteiger partial charge in [-0.1, -0.05) is 44.0 Å². The van der Waals surface area contributed by atoms with Crippen LogP contribution in [0.2, 0.25) is 0 Å². The van der Waals surface area contributed by atoms with Gasteiger partial charge in [0.1, 0.15) is 5.69 Å². The van der Waals surface area contributed by atoms with Crippen molar-refractivity contribution in [2.75, 3.05) is 0 Å². The van der Waals surface area contributed by atoms with E-state index in [9.17, 15) is 4.79 Å². The van der Waals surface area contributed by atoms with Crippen molar-refractivity contribution >= 4 is 5.91 Å². The van der Waals surface area contributed by atoms with E-state index in [0.717, 1.165) is 12.0 Å². The summed E-state index contributed by atoms with van der Waals surface area (Å²) in [6.07, 6.45) is 4.75. The van der Waals surface area contributed by atoms with Crippen LogP contribution in [0.15, 0.2) is 24.3 Å². The minimum absolute atomic E-state index is 0.179. The van der Waals surface area contributed by atoms with E-state index in [1.807, 2.05) is 12.1 Å². The molecule has 1 amide bonds. The second kappa shape index (κ2) is 6.13. The number of amides is 1. The molecule has 0 unspecified atom stereocenters. The molecule has 0 aliphatic carbocycles. The number of nitrogens with two attached hydrogens (primary N) is 1. The van der Waals surface area contributed by atoms with Gasteiger partial charge >= 0.3 is 0 Å². The molecule has 0 bridgehead atoms. The largest absolute Gasteiger partial charge is 0.364 e. The molecule has 1 aromatic carbocycles. The molecule has 100 valence electrons. The van der Waals surface area contributed by atoms with Crippen molar-refractivity contribution in [3.8, 4) is 11.3 Å². The first kappa shape index (κ1) is 13.3. The van der Waals surface area contributed by atoms with Crippen LogP contribution < -0.4 is 5.73 Å². The first-order valence-corrected chi connectivity index (χ1v) is 6.52. The van der Waals surface area contributed by atoms with Crippen LogP contribution >= 0.6 is 0 Å². The molecule has 2 aromatic rings. The number of H-pyrrole nitrogens is 1. The Kier molecular flexibility index (Phi) is 4.28. The first-order chi connectivity index (χ1) is 9.22. The lowest BCUT2D eigenvalue weighted by molar-refractivity contribution is 0.0996. The lowest BCUT2D eigenvalue weighted by Gasteiger charge is -2.02. The van der Waals surface area contributed by atoms with E-state index in [1.54, 1.807) is 0 Å². The average molecular weight is 258 g/mol. The molecule has 5 heteroatoms. The number of nitrogens with zero attached hydrogens (tertiary/aromatic N) is 2. The zero-order valence-electron chi connectivity index (χ0n) is 11.0. The number of aromatic nitrogens is 3. The van der Waals surface area contributed by atoms with Crippen LogP contribution in [-0.2, 0) is 6.42 Å². The van der Waals surface area contributed by atoms with Crippen LogP contribution in [0.1, 0.15) is 42.2 Å². The summed E-state index contributed by atoms with van der Waals surface area (Å²) in [6.45, 7) is 2.19. The molecule has 0 aliphatic rings. The smallest absolute Gasteiger partial charge is 0.271 e. The molecule has 2 rings (SSSR count). The Morgan fingerprint density at radius 3 is 2.58 bits per heavy atom. The number of aromatic amines is 1. The van der Waals surface area contributed by atoms with E-state index in [1.165, 1.54) is 24.8 Å². The van der Waals surface area contributed by atoms with E-state index in [0.29, 0.717) is 5.69 Å². The summed E-state index contributed by atoms with van der Waals surface area (Å²) >= 11 is 0. The number of aryl methyl sites for hydroxylation is 1. The fourth-order valence-electron chi connectivity index (χ4n) is 2.01. The molecule has 0 aliphatic heterocycles. The highest BCUT2D eigenvalue weighted by Crippen LogP contribution is 2.20. The number of carbonyl (C=O) groups is 1. The number of nitrogens with one attached hydrogen (secondary N) is 1. The summed E-state index contributed by atoms with van der Waals surface area (Å²) in [6, 6.07) is 8.02. The van der Waals surface area contributed by atoms with Crippen LogP contribution in [-0.4, -0.2) is 21.3 Å². The number of unbranched alkanes of at least 4 members (excludes halogenated alkanes) is 2. The minimum Gasteiger partial charge on any atom is -0.364 e. The van der Waals surface area contributed by atoms with E-state index in [-0.39, 0.29) is 5.69 Å². The summed E-state index contributed by atoms with van der Waals surface area (Å²) in [4.78, 5) is 11.2.